The van der Waals surface area contributed by atoms with Gasteiger partial charge in [0.1, 0.15) is 0 Å². The van der Waals surface area contributed by atoms with Crippen LogP contribution in [0.3, 0.4) is 0 Å². The van der Waals surface area contributed by atoms with Crippen LogP contribution >= 0.6 is 11.3 Å². The zero-order valence-corrected chi connectivity index (χ0v) is 14.7. The molecule has 0 saturated carbocycles. The smallest absolute Gasteiger partial charge is 0.214 e. The Morgan fingerprint density at radius 3 is 2.78 bits per heavy atom. The maximum atomic E-state index is 10.3. The first kappa shape index (κ1) is 16.0. The van der Waals surface area contributed by atoms with Crippen LogP contribution in [0, 0.1) is 6.92 Å². The van der Waals surface area contributed by atoms with Crippen molar-refractivity contribution in [1.82, 2.24) is 14.6 Å². The van der Waals surface area contributed by atoms with Crippen LogP contribution in [-0.4, -0.2) is 26.2 Å². The van der Waals surface area contributed by atoms with E-state index in [1.807, 2.05) is 37.4 Å². The van der Waals surface area contributed by atoms with Gasteiger partial charge in [0.15, 0.2) is 0 Å². The fourth-order valence-corrected chi connectivity index (χ4v) is 3.10. The molecule has 0 saturated heterocycles. The first-order valence-corrected chi connectivity index (χ1v) is 8.50. The standard InChI is InChI=1S/C17H22N4OS/c1-11-6-5-7-12(8-11)13(22)9-18-15-20-21-10-14(17(2,3)4)19-16(21)23-15/h5-8,10,13,22H,9H2,1-4H3,(H,18,20). The number of aromatic nitrogens is 3. The van der Waals surface area contributed by atoms with Crippen LogP contribution < -0.4 is 5.32 Å². The highest BCUT2D eigenvalue weighted by Crippen LogP contribution is 2.26. The molecule has 3 rings (SSSR count). The average Bonchev–Trinajstić information content (AvgIpc) is 3.02. The molecule has 122 valence electrons. The van der Waals surface area contributed by atoms with Crippen LogP contribution in [0.1, 0.15) is 43.7 Å². The van der Waals surface area contributed by atoms with E-state index in [2.05, 4.69) is 36.2 Å². The third kappa shape index (κ3) is 3.54. The van der Waals surface area contributed by atoms with Crippen molar-refractivity contribution in [2.45, 2.75) is 39.2 Å². The lowest BCUT2D eigenvalue weighted by Crippen LogP contribution is -2.12. The van der Waals surface area contributed by atoms with E-state index in [4.69, 9.17) is 0 Å². The Morgan fingerprint density at radius 1 is 1.35 bits per heavy atom. The number of nitrogens with zero attached hydrogens (tertiary/aromatic N) is 3. The second-order valence-corrected chi connectivity index (χ2v) is 7.78. The summed E-state index contributed by atoms with van der Waals surface area (Å²) in [4.78, 5) is 5.48. The molecule has 0 bridgehead atoms. The van der Waals surface area contributed by atoms with Gasteiger partial charge in [-0.25, -0.2) is 9.50 Å². The number of benzene rings is 1. The van der Waals surface area contributed by atoms with E-state index in [0.29, 0.717) is 6.54 Å². The fraction of sp³-hybridized carbons (Fsp3) is 0.412. The lowest BCUT2D eigenvalue weighted by atomic mass is 9.93. The van der Waals surface area contributed by atoms with Crippen LogP contribution in [0.25, 0.3) is 4.96 Å². The van der Waals surface area contributed by atoms with Crippen molar-refractivity contribution >= 4 is 21.4 Å². The SMILES string of the molecule is Cc1cccc(C(O)CNc2nn3cc(C(C)(C)C)nc3s2)c1. The van der Waals surface area contributed by atoms with Crippen molar-refractivity contribution in [3.05, 3.63) is 47.3 Å². The molecule has 2 aromatic heterocycles. The van der Waals surface area contributed by atoms with E-state index in [1.165, 1.54) is 11.3 Å². The summed E-state index contributed by atoms with van der Waals surface area (Å²) < 4.78 is 1.80. The summed E-state index contributed by atoms with van der Waals surface area (Å²) in [6, 6.07) is 7.91. The first-order valence-electron chi connectivity index (χ1n) is 7.68. The normalized spacial score (nSPS) is 13.4. The maximum absolute atomic E-state index is 10.3. The molecule has 0 amide bonds. The lowest BCUT2D eigenvalue weighted by molar-refractivity contribution is 0.191. The number of anilines is 1. The molecule has 0 spiro atoms. The monoisotopic (exact) mass is 330 g/mol. The molecule has 2 heterocycles. The van der Waals surface area contributed by atoms with Gasteiger partial charge in [0.2, 0.25) is 10.1 Å². The molecule has 6 heteroatoms. The van der Waals surface area contributed by atoms with Crippen molar-refractivity contribution in [3.63, 3.8) is 0 Å². The van der Waals surface area contributed by atoms with E-state index < -0.39 is 6.10 Å². The van der Waals surface area contributed by atoms with Gasteiger partial charge in [-0.3, -0.25) is 0 Å². The number of nitrogens with one attached hydrogen (secondary N) is 1. The zero-order valence-electron chi connectivity index (χ0n) is 13.9. The number of aliphatic hydroxyl groups excluding tert-OH is 1. The molecule has 1 aromatic carbocycles. The molecule has 0 fully saturated rings. The van der Waals surface area contributed by atoms with Gasteiger partial charge in [-0.15, -0.1) is 5.10 Å². The largest absolute Gasteiger partial charge is 0.387 e. The highest BCUT2D eigenvalue weighted by atomic mass is 32.1. The number of imidazole rings is 1. The molecule has 0 aliphatic carbocycles. The van der Waals surface area contributed by atoms with Crippen LogP contribution in [-0.2, 0) is 5.41 Å². The van der Waals surface area contributed by atoms with E-state index in [0.717, 1.165) is 26.9 Å². The minimum Gasteiger partial charge on any atom is -0.387 e. The van der Waals surface area contributed by atoms with Crippen molar-refractivity contribution < 1.29 is 5.11 Å². The van der Waals surface area contributed by atoms with Gasteiger partial charge >= 0.3 is 0 Å². The third-order valence-corrected chi connectivity index (χ3v) is 4.57. The molecule has 0 radical (unpaired) electrons. The van der Waals surface area contributed by atoms with E-state index in [1.54, 1.807) is 4.52 Å². The summed E-state index contributed by atoms with van der Waals surface area (Å²) in [5, 5.41) is 18.7. The van der Waals surface area contributed by atoms with E-state index >= 15 is 0 Å². The first-order chi connectivity index (χ1) is 10.8. The topological polar surface area (TPSA) is 62.5 Å². The van der Waals surface area contributed by atoms with Crippen LogP contribution in [0.4, 0.5) is 5.13 Å². The van der Waals surface area contributed by atoms with Gasteiger partial charge in [0.05, 0.1) is 18.0 Å². The van der Waals surface area contributed by atoms with Gasteiger partial charge in [-0.1, -0.05) is 61.9 Å². The van der Waals surface area contributed by atoms with Crippen LogP contribution in [0.15, 0.2) is 30.5 Å². The summed E-state index contributed by atoms with van der Waals surface area (Å²) >= 11 is 1.49. The van der Waals surface area contributed by atoms with Crippen molar-refractivity contribution in [2.75, 3.05) is 11.9 Å². The Kier molecular flexibility index (Phi) is 4.12. The van der Waals surface area contributed by atoms with Gasteiger partial charge in [-0.05, 0) is 12.5 Å². The van der Waals surface area contributed by atoms with Gasteiger partial charge in [0.25, 0.3) is 0 Å². The van der Waals surface area contributed by atoms with Crippen molar-refractivity contribution in [1.29, 1.82) is 0 Å². The number of fused-ring (bicyclic) bond motifs is 1. The number of aliphatic hydroxyl groups is 1. The van der Waals surface area contributed by atoms with Crippen molar-refractivity contribution in [3.8, 4) is 0 Å². The van der Waals surface area contributed by atoms with Crippen LogP contribution in [0.5, 0.6) is 0 Å². The van der Waals surface area contributed by atoms with E-state index in [9.17, 15) is 5.11 Å². The summed E-state index contributed by atoms with van der Waals surface area (Å²) in [5.74, 6) is 0. The summed E-state index contributed by atoms with van der Waals surface area (Å²) in [6.45, 7) is 8.85. The molecule has 0 aliphatic heterocycles. The van der Waals surface area contributed by atoms with Gasteiger partial charge in [-0.2, -0.15) is 0 Å². The zero-order chi connectivity index (χ0) is 16.6. The minimum atomic E-state index is -0.559. The molecular formula is C17H22N4OS. The molecule has 0 aliphatic rings. The average molecular weight is 330 g/mol. The summed E-state index contributed by atoms with van der Waals surface area (Å²) in [7, 11) is 0. The highest BCUT2D eigenvalue weighted by molar-refractivity contribution is 7.20. The highest BCUT2D eigenvalue weighted by Gasteiger charge is 2.19. The predicted octanol–water partition coefficient (Wildman–Crippen LogP) is 3.54. The molecule has 5 nitrogen and oxygen atoms in total. The lowest BCUT2D eigenvalue weighted by Gasteiger charge is -2.13. The number of rotatable bonds is 4. The summed E-state index contributed by atoms with van der Waals surface area (Å²) in [5.41, 5.74) is 3.10. The maximum Gasteiger partial charge on any atom is 0.214 e. The molecule has 1 atom stereocenters. The van der Waals surface area contributed by atoms with Gasteiger partial charge < -0.3 is 10.4 Å². The number of hydrogen-bond donors (Lipinski definition) is 2. The Labute approximate surface area is 140 Å². The Hall–Kier alpha value is -1.92. The second kappa shape index (κ2) is 5.94. The fourth-order valence-electron chi connectivity index (χ4n) is 2.31. The number of aryl methyl sites for hydroxylation is 1. The Balaban J connectivity index is 1.69. The molecule has 2 N–H and O–H groups in total. The Morgan fingerprint density at radius 2 is 2.13 bits per heavy atom. The predicted molar refractivity (Wildman–Crippen MR) is 94.2 cm³/mol. The van der Waals surface area contributed by atoms with Crippen molar-refractivity contribution in [2.24, 2.45) is 0 Å². The summed E-state index contributed by atoms with van der Waals surface area (Å²) in [6.07, 6.45) is 1.41. The molecule has 3 aromatic rings. The van der Waals surface area contributed by atoms with Gasteiger partial charge in [0, 0.05) is 12.0 Å². The molecule has 23 heavy (non-hydrogen) atoms. The number of hydrogen-bond acceptors (Lipinski definition) is 5. The minimum absolute atomic E-state index is 0.0162. The third-order valence-electron chi connectivity index (χ3n) is 3.69. The Bertz CT molecular complexity index is 784. The second-order valence-electron chi connectivity index (χ2n) is 6.82. The quantitative estimate of drug-likeness (QED) is 0.768. The van der Waals surface area contributed by atoms with E-state index in [-0.39, 0.29) is 5.41 Å². The molecular weight excluding hydrogens is 308 g/mol. The van der Waals surface area contributed by atoms with Crippen LogP contribution in [0.2, 0.25) is 0 Å². The molecule has 1 unspecified atom stereocenters.